The van der Waals surface area contributed by atoms with Gasteiger partial charge in [0.05, 0.1) is 24.2 Å². The normalized spacial score (nSPS) is 24.6. The molecule has 4 heterocycles. The van der Waals surface area contributed by atoms with E-state index in [0.29, 0.717) is 66.9 Å². The Kier molecular flexibility index (Phi) is 7.87. The van der Waals surface area contributed by atoms with Crippen LogP contribution < -0.4 is 10.2 Å². The van der Waals surface area contributed by atoms with Gasteiger partial charge >= 0.3 is 0 Å². The fraction of sp³-hybridized carbons (Fsp3) is 0.607. The van der Waals surface area contributed by atoms with Crippen LogP contribution in [0, 0.1) is 5.92 Å². The molecule has 0 spiro atoms. The molecule has 210 valence electrons. The van der Waals surface area contributed by atoms with Crippen molar-refractivity contribution in [2.24, 2.45) is 5.92 Å². The third-order valence-corrected chi connectivity index (χ3v) is 8.46. The first-order chi connectivity index (χ1) is 19.1. The number of benzene rings is 1. The molecular formula is C28H36F3N7O. The van der Waals surface area contributed by atoms with Gasteiger partial charge in [-0.2, -0.15) is 9.97 Å². The predicted molar refractivity (Wildman–Crippen MR) is 145 cm³/mol. The van der Waals surface area contributed by atoms with Gasteiger partial charge < -0.3 is 15.0 Å². The van der Waals surface area contributed by atoms with E-state index in [1.54, 1.807) is 24.3 Å². The summed E-state index contributed by atoms with van der Waals surface area (Å²) in [5.74, 6) is 1.61. The molecule has 8 nitrogen and oxygen atoms in total. The van der Waals surface area contributed by atoms with Crippen molar-refractivity contribution in [3.8, 4) is 5.82 Å². The Morgan fingerprint density at radius 1 is 0.974 bits per heavy atom. The number of ether oxygens (including phenoxy) is 1. The Morgan fingerprint density at radius 3 is 2.54 bits per heavy atom. The van der Waals surface area contributed by atoms with Gasteiger partial charge in [0.25, 0.3) is 6.43 Å². The molecule has 2 saturated heterocycles. The number of fused-ring (bicyclic) bond motifs is 1. The zero-order chi connectivity index (χ0) is 26.8. The lowest BCUT2D eigenvalue weighted by Crippen LogP contribution is -2.42. The summed E-state index contributed by atoms with van der Waals surface area (Å²) in [7, 11) is 0. The number of halogens is 3. The predicted octanol–water partition coefficient (Wildman–Crippen LogP) is 4.99. The molecule has 39 heavy (non-hydrogen) atoms. The third kappa shape index (κ3) is 5.56. The van der Waals surface area contributed by atoms with E-state index in [-0.39, 0.29) is 18.5 Å². The minimum atomic E-state index is -2.75. The van der Waals surface area contributed by atoms with Crippen LogP contribution in [0.2, 0.25) is 0 Å². The second kappa shape index (κ2) is 11.7. The standard InChI is InChI=1S/C28H36F3N7O/c29-17-21-4-3-11-37(21)20-9-7-19(8-10-20)18-32-24-16-25(35-28(34-24)36-12-14-39-15-13-36)38-23-6-2-1-5-22(23)33-27(38)26(30)31/h1-2,5-6,16,19-21,26H,3-4,7-15,17-18H2,(H,32,34,35)/t19-,20+,21-/m1/s1. The molecule has 1 aromatic carbocycles. The third-order valence-electron chi connectivity index (χ3n) is 8.46. The van der Waals surface area contributed by atoms with Gasteiger partial charge in [0.15, 0.2) is 5.82 Å². The Labute approximate surface area is 226 Å². The molecule has 0 unspecified atom stereocenters. The Balaban J connectivity index is 1.23. The summed E-state index contributed by atoms with van der Waals surface area (Å²) >= 11 is 0. The van der Waals surface area contributed by atoms with Crippen molar-refractivity contribution in [3.63, 3.8) is 0 Å². The number of rotatable bonds is 8. The van der Waals surface area contributed by atoms with Gasteiger partial charge in [-0.05, 0) is 63.1 Å². The summed E-state index contributed by atoms with van der Waals surface area (Å²) in [6.07, 6.45) is 3.62. The first-order valence-corrected chi connectivity index (χ1v) is 14.1. The van der Waals surface area contributed by atoms with Crippen LogP contribution in [0.4, 0.5) is 24.9 Å². The zero-order valence-corrected chi connectivity index (χ0v) is 22.1. The highest BCUT2D eigenvalue weighted by Crippen LogP contribution is 2.33. The van der Waals surface area contributed by atoms with Crippen molar-refractivity contribution in [3.05, 3.63) is 36.2 Å². The molecule has 3 aliphatic rings. The van der Waals surface area contributed by atoms with E-state index < -0.39 is 6.43 Å². The summed E-state index contributed by atoms with van der Waals surface area (Å²) in [6, 6.07) is 9.43. The number of nitrogens with one attached hydrogen (secondary N) is 1. The van der Waals surface area contributed by atoms with Gasteiger partial charge in [-0.3, -0.25) is 9.47 Å². The van der Waals surface area contributed by atoms with E-state index in [1.165, 1.54) is 4.57 Å². The number of nitrogens with zero attached hydrogens (tertiary/aromatic N) is 6. The van der Waals surface area contributed by atoms with Crippen LogP contribution in [0.1, 0.15) is 50.8 Å². The quantitative estimate of drug-likeness (QED) is 0.429. The van der Waals surface area contributed by atoms with Crippen molar-refractivity contribution < 1.29 is 17.9 Å². The molecule has 1 N–H and O–H groups in total. The lowest BCUT2D eigenvalue weighted by molar-refractivity contribution is 0.111. The molecule has 1 atom stereocenters. The number of hydrogen-bond acceptors (Lipinski definition) is 7. The van der Waals surface area contributed by atoms with Crippen molar-refractivity contribution >= 4 is 22.8 Å². The van der Waals surface area contributed by atoms with Crippen LogP contribution in [0.3, 0.4) is 0 Å². The summed E-state index contributed by atoms with van der Waals surface area (Å²) < 4.78 is 48.6. The largest absolute Gasteiger partial charge is 0.378 e. The average Bonchev–Trinajstić information content (AvgIpc) is 3.62. The number of anilines is 2. The van der Waals surface area contributed by atoms with Gasteiger partial charge in [0, 0.05) is 37.8 Å². The summed E-state index contributed by atoms with van der Waals surface area (Å²) in [5, 5.41) is 3.49. The molecule has 2 aliphatic heterocycles. The van der Waals surface area contributed by atoms with Crippen LogP contribution in [-0.4, -0.2) is 82.6 Å². The van der Waals surface area contributed by atoms with Crippen LogP contribution >= 0.6 is 0 Å². The maximum absolute atomic E-state index is 14.1. The highest BCUT2D eigenvalue weighted by Gasteiger charge is 2.33. The highest BCUT2D eigenvalue weighted by atomic mass is 19.3. The fourth-order valence-corrected chi connectivity index (χ4v) is 6.40. The SMILES string of the molecule is FC[C@H]1CCCN1[C@H]1CC[C@@H](CNc2cc(-n3c(C(F)F)nc4ccccc43)nc(N3CCOCC3)n2)CC1. The van der Waals surface area contributed by atoms with E-state index in [9.17, 15) is 13.2 Å². The van der Waals surface area contributed by atoms with Crippen LogP contribution in [0.25, 0.3) is 16.9 Å². The summed E-state index contributed by atoms with van der Waals surface area (Å²) in [5.41, 5.74) is 1.08. The van der Waals surface area contributed by atoms with Crippen molar-refractivity contribution in [2.45, 2.75) is 57.0 Å². The Morgan fingerprint density at radius 2 is 1.77 bits per heavy atom. The van der Waals surface area contributed by atoms with E-state index in [4.69, 9.17) is 14.7 Å². The molecular weight excluding hydrogens is 507 g/mol. The van der Waals surface area contributed by atoms with Crippen LogP contribution in [-0.2, 0) is 4.74 Å². The molecule has 3 aromatic rings. The summed E-state index contributed by atoms with van der Waals surface area (Å²) in [4.78, 5) is 18.1. The van der Waals surface area contributed by atoms with E-state index >= 15 is 0 Å². The molecule has 11 heteroatoms. The molecule has 0 bridgehead atoms. The molecule has 6 rings (SSSR count). The van der Waals surface area contributed by atoms with Crippen molar-refractivity contribution in [1.29, 1.82) is 0 Å². The average molecular weight is 544 g/mol. The monoisotopic (exact) mass is 543 g/mol. The maximum atomic E-state index is 14.1. The fourth-order valence-electron chi connectivity index (χ4n) is 6.40. The topological polar surface area (TPSA) is 71.3 Å². The maximum Gasteiger partial charge on any atom is 0.296 e. The lowest BCUT2D eigenvalue weighted by atomic mass is 9.85. The van der Waals surface area contributed by atoms with Crippen molar-refractivity contribution in [2.75, 3.05) is 56.3 Å². The molecule has 3 fully saturated rings. The van der Waals surface area contributed by atoms with Gasteiger partial charge in [0.1, 0.15) is 18.3 Å². The number of hydrogen-bond donors (Lipinski definition) is 1. The minimum Gasteiger partial charge on any atom is -0.378 e. The summed E-state index contributed by atoms with van der Waals surface area (Å²) in [6.45, 7) is 3.91. The smallest absolute Gasteiger partial charge is 0.296 e. The van der Waals surface area contributed by atoms with Crippen LogP contribution in [0.15, 0.2) is 30.3 Å². The van der Waals surface area contributed by atoms with Crippen molar-refractivity contribution in [1.82, 2.24) is 24.4 Å². The second-order valence-electron chi connectivity index (χ2n) is 10.8. The van der Waals surface area contributed by atoms with E-state index in [1.807, 2.05) is 11.0 Å². The number of para-hydroxylation sites is 2. The molecule has 2 aromatic heterocycles. The zero-order valence-electron chi connectivity index (χ0n) is 22.1. The number of morpholine rings is 1. The van der Waals surface area contributed by atoms with E-state index in [2.05, 4.69) is 15.2 Å². The van der Waals surface area contributed by atoms with Crippen LogP contribution in [0.5, 0.6) is 0 Å². The lowest BCUT2D eigenvalue weighted by Gasteiger charge is -2.37. The molecule has 1 saturated carbocycles. The van der Waals surface area contributed by atoms with Gasteiger partial charge in [-0.1, -0.05) is 12.1 Å². The van der Waals surface area contributed by atoms with E-state index in [0.717, 1.165) is 51.6 Å². The minimum absolute atomic E-state index is 0.0973. The Bertz CT molecular complexity index is 1260. The second-order valence-corrected chi connectivity index (χ2v) is 10.8. The van der Waals surface area contributed by atoms with Gasteiger partial charge in [-0.25, -0.2) is 18.2 Å². The Hall–Kier alpha value is -2.92. The van der Waals surface area contributed by atoms with Gasteiger partial charge in [-0.15, -0.1) is 0 Å². The first kappa shape index (κ1) is 26.3. The molecule has 0 amide bonds. The number of imidazole rings is 1. The number of likely N-dealkylation sites (tertiary alicyclic amines) is 1. The number of alkyl halides is 3. The van der Waals surface area contributed by atoms with Gasteiger partial charge in [0.2, 0.25) is 5.95 Å². The molecule has 0 radical (unpaired) electrons. The highest BCUT2D eigenvalue weighted by molar-refractivity contribution is 5.78. The number of aromatic nitrogens is 4. The first-order valence-electron chi connectivity index (χ1n) is 14.1. The molecule has 1 aliphatic carbocycles.